The van der Waals surface area contributed by atoms with Gasteiger partial charge in [0.05, 0.1) is 24.4 Å². The molecule has 0 aliphatic heterocycles. The number of carbonyl (C=O) groups is 1. The molecule has 4 atom stereocenters. The number of benzene rings is 2. The fourth-order valence-corrected chi connectivity index (χ4v) is 5.34. The standard InChI is InChI=1S/C29H40F2N2O4/c1-19(35)33-25(13-20-11-23(30)15-24(31)12-20)26(36)16-32-29(10-6-9-28(37,17-29)18-34)22-8-5-7-21(14-22)27(2,3)4/h5,7-8,11-12,14-15,25-26,32,34,36-37H,6,9-10,13,16-18H2,1-4H3,(H,33,35)/t25?,26?,28-,29+/m0/s1. The second kappa shape index (κ2) is 11.6. The molecule has 1 fully saturated rings. The van der Waals surface area contributed by atoms with E-state index in [0.717, 1.165) is 17.2 Å². The molecule has 3 rings (SSSR count). The highest BCUT2D eigenvalue weighted by Gasteiger charge is 2.45. The molecular formula is C29H40F2N2O4. The number of rotatable bonds is 9. The van der Waals surface area contributed by atoms with Crippen LogP contribution in [-0.2, 0) is 22.2 Å². The number of carbonyl (C=O) groups excluding carboxylic acids is 1. The van der Waals surface area contributed by atoms with Crippen LogP contribution in [0.5, 0.6) is 0 Å². The summed E-state index contributed by atoms with van der Waals surface area (Å²) in [6.45, 7) is 7.35. The fourth-order valence-electron chi connectivity index (χ4n) is 5.34. The predicted octanol–water partition coefficient (Wildman–Crippen LogP) is 3.45. The van der Waals surface area contributed by atoms with E-state index in [1.807, 2.05) is 12.1 Å². The van der Waals surface area contributed by atoms with Crippen LogP contribution in [-0.4, -0.2) is 52.1 Å². The van der Waals surface area contributed by atoms with E-state index in [1.54, 1.807) is 0 Å². The van der Waals surface area contributed by atoms with E-state index >= 15 is 0 Å². The van der Waals surface area contributed by atoms with Crippen molar-refractivity contribution >= 4 is 5.91 Å². The molecule has 37 heavy (non-hydrogen) atoms. The Morgan fingerprint density at radius 2 is 1.78 bits per heavy atom. The Morgan fingerprint density at radius 3 is 2.38 bits per heavy atom. The Hall–Kier alpha value is -2.39. The number of hydrogen-bond acceptors (Lipinski definition) is 5. The quantitative estimate of drug-likeness (QED) is 0.350. The van der Waals surface area contributed by atoms with Crippen molar-refractivity contribution in [2.24, 2.45) is 0 Å². The minimum Gasteiger partial charge on any atom is -0.393 e. The summed E-state index contributed by atoms with van der Waals surface area (Å²) in [6, 6.07) is 10.4. The minimum absolute atomic E-state index is 0.0319. The van der Waals surface area contributed by atoms with Gasteiger partial charge in [0, 0.05) is 31.5 Å². The van der Waals surface area contributed by atoms with Crippen LogP contribution in [0.25, 0.3) is 0 Å². The molecule has 0 spiro atoms. The molecule has 1 saturated carbocycles. The third-order valence-corrected chi connectivity index (χ3v) is 7.33. The summed E-state index contributed by atoms with van der Waals surface area (Å²) < 4.78 is 27.5. The van der Waals surface area contributed by atoms with Crippen molar-refractivity contribution in [3.8, 4) is 0 Å². The first-order valence-electron chi connectivity index (χ1n) is 12.8. The number of hydrogen-bond donors (Lipinski definition) is 5. The highest BCUT2D eigenvalue weighted by Crippen LogP contribution is 2.43. The van der Waals surface area contributed by atoms with Gasteiger partial charge in [-0.1, -0.05) is 45.0 Å². The Bertz CT molecular complexity index is 1070. The van der Waals surface area contributed by atoms with Crippen LogP contribution in [0, 0.1) is 11.6 Å². The molecule has 5 N–H and O–H groups in total. The van der Waals surface area contributed by atoms with Crippen molar-refractivity contribution in [2.75, 3.05) is 13.2 Å². The first-order chi connectivity index (χ1) is 17.2. The zero-order valence-electron chi connectivity index (χ0n) is 22.2. The molecule has 0 heterocycles. The molecule has 8 heteroatoms. The van der Waals surface area contributed by atoms with Crippen molar-refractivity contribution in [3.05, 3.63) is 70.8 Å². The van der Waals surface area contributed by atoms with Crippen LogP contribution >= 0.6 is 0 Å². The fraction of sp³-hybridized carbons (Fsp3) is 0.552. The van der Waals surface area contributed by atoms with Gasteiger partial charge in [-0.25, -0.2) is 8.78 Å². The maximum absolute atomic E-state index is 13.7. The van der Waals surface area contributed by atoms with Crippen LogP contribution in [0.2, 0.25) is 0 Å². The van der Waals surface area contributed by atoms with Crippen LogP contribution < -0.4 is 10.6 Å². The van der Waals surface area contributed by atoms with Gasteiger partial charge >= 0.3 is 0 Å². The molecule has 0 aromatic heterocycles. The second-order valence-electron chi connectivity index (χ2n) is 11.6. The summed E-state index contributed by atoms with van der Waals surface area (Å²) in [6.07, 6.45) is 0.990. The Morgan fingerprint density at radius 1 is 1.11 bits per heavy atom. The van der Waals surface area contributed by atoms with E-state index in [0.29, 0.717) is 24.8 Å². The number of halogens is 2. The molecule has 2 unspecified atom stereocenters. The lowest BCUT2D eigenvalue weighted by molar-refractivity contribution is -0.120. The first-order valence-corrected chi connectivity index (χ1v) is 12.8. The molecule has 6 nitrogen and oxygen atoms in total. The van der Waals surface area contributed by atoms with Crippen molar-refractivity contribution in [3.63, 3.8) is 0 Å². The maximum Gasteiger partial charge on any atom is 0.217 e. The molecular weight excluding hydrogens is 478 g/mol. The summed E-state index contributed by atoms with van der Waals surface area (Å²) in [5.74, 6) is -1.83. The first kappa shape index (κ1) is 29.2. The topological polar surface area (TPSA) is 102 Å². The third kappa shape index (κ3) is 7.57. The lowest BCUT2D eigenvalue weighted by atomic mass is 9.69. The average molecular weight is 519 g/mol. The van der Waals surface area contributed by atoms with Gasteiger partial charge in [-0.15, -0.1) is 0 Å². The van der Waals surface area contributed by atoms with Gasteiger partial charge in [0.25, 0.3) is 0 Å². The van der Waals surface area contributed by atoms with Crippen molar-refractivity contribution in [1.82, 2.24) is 10.6 Å². The lowest BCUT2D eigenvalue weighted by Gasteiger charge is -2.46. The van der Waals surface area contributed by atoms with Crippen molar-refractivity contribution in [2.45, 2.75) is 88.5 Å². The van der Waals surface area contributed by atoms with E-state index < -0.39 is 34.9 Å². The van der Waals surface area contributed by atoms with E-state index in [2.05, 4.69) is 43.5 Å². The molecule has 1 amide bonds. The normalized spacial score (nSPS) is 23.9. The minimum atomic E-state index is -1.27. The zero-order chi connectivity index (χ0) is 27.4. The smallest absolute Gasteiger partial charge is 0.217 e. The van der Waals surface area contributed by atoms with Crippen LogP contribution in [0.1, 0.15) is 70.1 Å². The van der Waals surface area contributed by atoms with Gasteiger partial charge in [-0.3, -0.25) is 4.79 Å². The van der Waals surface area contributed by atoms with Crippen LogP contribution in [0.4, 0.5) is 8.78 Å². The average Bonchev–Trinajstić information content (AvgIpc) is 2.81. The van der Waals surface area contributed by atoms with Gasteiger partial charge in [-0.2, -0.15) is 0 Å². The second-order valence-corrected chi connectivity index (χ2v) is 11.6. The van der Waals surface area contributed by atoms with Crippen LogP contribution in [0.3, 0.4) is 0 Å². The molecule has 0 bridgehead atoms. The van der Waals surface area contributed by atoms with E-state index in [4.69, 9.17) is 0 Å². The largest absolute Gasteiger partial charge is 0.393 e. The Balaban J connectivity index is 1.89. The maximum atomic E-state index is 13.7. The summed E-state index contributed by atoms with van der Waals surface area (Å²) >= 11 is 0. The summed E-state index contributed by atoms with van der Waals surface area (Å²) in [4.78, 5) is 11.9. The summed E-state index contributed by atoms with van der Waals surface area (Å²) in [5.41, 5.74) is 0.273. The highest BCUT2D eigenvalue weighted by molar-refractivity contribution is 5.73. The predicted molar refractivity (Wildman–Crippen MR) is 139 cm³/mol. The van der Waals surface area contributed by atoms with E-state index in [9.17, 15) is 28.9 Å². The molecule has 204 valence electrons. The molecule has 2 aromatic carbocycles. The SMILES string of the molecule is CC(=O)NC(Cc1cc(F)cc(F)c1)C(O)CN[C@]1(c2cccc(C(C)(C)C)c2)CCC[C@@](O)(CO)C1. The molecule has 0 saturated heterocycles. The molecule has 1 aliphatic carbocycles. The number of aliphatic hydroxyl groups is 3. The lowest BCUT2D eigenvalue weighted by Crippen LogP contribution is -2.57. The summed E-state index contributed by atoms with van der Waals surface area (Å²) in [7, 11) is 0. The van der Waals surface area contributed by atoms with Gasteiger partial charge in [0.15, 0.2) is 0 Å². The van der Waals surface area contributed by atoms with Gasteiger partial charge < -0.3 is 26.0 Å². The number of nitrogens with one attached hydrogen (secondary N) is 2. The third-order valence-electron chi connectivity index (χ3n) is 7.33. The Kier molecular flexibility index (Phi) is 9.11. The summed E-state index contributed by atoms with van der Waals surface area (Å²) in [5, 5.41) is 38.3. The highest BCUT2D eigenvalue weighted by atomic mass is 19.1. The van der Waals surface area contributed by atoms with E-state index in [-0.39, 0.29) is 37.3 Å². The molecule has 0 radical (unpaired) electrons. The molecule has 2 aromatic rings. The number of amides is 1. The Labute approximate surface area is 218 Å². The monoisotopic (exact) mass is 518 g/mol. The van der Waals surface area contributed by atoms with Crippen molar-refractivity contribution < 1.29 is 28.9 Å². The van der Waals surface area contributed by atoms with Gasteiger partial charge in [0.1, 0.15) is 11.6 Å². The van der Waals surface area contributed by atoms with Crippen molar-refractivity contribution in [1.29, 1.82) is 0 Å². The van der Waals surface area contributed by atoms with Gasteiger partial charge in [-0.05, 0) is 59.9 Å². The van der Waals surface area contributed by atoms with Gasteiger partial charge in [0.2, 0.25) is 5.91 Å². The van der Waals surface area contributed by atoms with E-state index in [1.165, 1.54) is 19.1 Å². The molecule has 1 aliphatic rings. The zero-order valence-corrected chi connectivity index (χ0v) is 22.2. The van der Waals surface area contributed by atoms with Crippen LogP contribution in [0.15, 0.2) is 42.5 Å². The number of aliphatic hydroxyl groups excluding tert-OH is 2.